The second-order valence-corrected chi connectivity index (χ2v) is 5.96. The highest BCUT2D eigenvalue weighted by Crippen LogP contribution is 2.30. The Morgan fingerprint density at radius 1 is 0.684 bits per heavy atom. The van der Waals surface area contributed by atoms with Crippen molar-refractivity contribution in [3.63, 3.8) is 0 Å². The zero-order valence-electron chi connectivity index (χ0n) is 12.2. The van der Waals surface area contributed by atoms with Crippen LogP contribution >= 0.6 is 0 Å². The molecule has 0 saturated heterocycles. The number of hydrazine groups is 1. The average molecular weight is 266 g/mol. The van der Waals surface area contributed by atoms with E-state index in [-0.39, 0.29) is 23.9 Å². The van der Waals surface area contributed by atoms with Gasteiger partial charge in [-0.05, 0) is 25.7 Å². The van der Waals surface area contributed by atoms with Crippen LogP contribution in [0.1, 0.15) is 71.6 Å². The Bertz CT molecular complexity index is 331. The van der Waals surface area contributed by atoms with Crippen molar-refractivity contribution in [1.29, 1.82) is 0 Å². The van der Waals surface area contributed by atoms with Crippen molar-refractivity contribution in [1.82, 2.24) is 10.0 Å². The monoisotopic (exact) mass is 266 g/mol. The normalized spacial score (nSPS) is 21.4. The van der Waals surface area contributed by atoms with Gasteiger partial charge in [0.2, 0.25) is 11.8 Å². The summed E-state index contributed by atoms with van der Waals surface area (Å²) in [5.74, 6) is 0.0432. The smallest absolute Gasteiger partial charge is 0.238 e. The van der Waals surface area contributed by atoms with Gasteiger partial charge in [0.05, 0.1) is 12.1 Å². The van der Waals surface area contributed by atoms with Crippen molar-refractivity contribution in [2.24, 2.45) is 0 Å². The molecule has 2 aliphatic carbocycles. The van der Waals surface area contributed by atoms with E-state index in [1.807, 2.05) is 0 Å². The van der Waals surface area contributed by atoms with Crippen LogP contribution in [0.25, 0.3) is 0 Å². The molecule has 2 amide bonds. The van der Waals surface area contributed by atoms with E-state index in [0.717, 1.165) is 25.7 Å². The molecule has 2 saturated carbocycles. The summed E-state index contributed by atoms with van der Waals surface area (Å²) in [7, 11) is 0. The third-order valence-electron chi connectivity index (χ3n) is 4.47. The minimum atomic E-state index is 0.0210. The topological polar surface area (TPSA) is 40.6 Å². The minimum Gasteiger partial charge on any atom is -0.273 e. The number of hydrogen-bond donors (Lipinski definition) is 0. The van der Waals surface area contributed by atoms with E-state index >= 15 is 0 Å². The molecule has 0 spiro atoms. The molecule has 2 rings (SSSR count). The van der Waals surface area contributed by atoms with Crippen LogP contribution in [-0.2, 0) is 9.59 Å². The Morgan fingerprint density at radius 3 is 1.32 bits per heavy atom. The highest BCUT2D eigenvalue weighted by atomic mass is 16.2. The Morgan fingerprint density at radius 2 is 1.00 bits per heavy atom. The van der Waals surface area contributed by atoms with E-state index in [2.05, 4.69) is 0 Å². The van der Waals surface area contributed by atoms with E-state index in [9.17, 15) is 9.59 Å². The Hall–Kier alpha value is -1.06. The van der Waals surface area contributed by atoms with Crippen LogP contribution in [0.3, 0.4) is 0 Å². The van der Waals surface area contributed by atoms with Gasteiger partial charge in [-0.3, -0.25) is 9.59 Å². The molecule has 0 heterocycles. The predicted octanol–water partition coefficient (Wildman–Crippen LogP) is 2.87. The maximum absolute atomic E-state index is 12.1. The molecular weight excluding hydrogens is 240 g/mol. The third kappa shape index (κ3) is 3.28. The number of amides is 2. The van der Waals surface area contributed by atoms with Gasteiger partial charge < -0.3 is 0 Å². The van der Waals surface area contributed by atoms with Gasteiger partial charge in [-0.1, -0.05) is 32.1 Å². The lowest BCUT2D eigenvalue weighted by Crippen LogP contribution is -2.57. The molecule has 0 N–H and O–H groups in total. The quantitative estimate of drug-likeness (QED) is 0.721. The predicted molar refractivity (Wildman–Crippen MR) is 74.2 cm³/mol. The van der Waals surface area contributed by atoms with Crippen molar-refractivity contribution >= 4 is 11.8 Å². The SMILES string of the molecule is CC(=O)N(C1CCCCC1)N(C(C)=O)C1CCCC1. The largest absolute Gasteiger partial charge is 0.273 e. The molecule has 4 heteroatoms. The van der Waals surface area contributed by atoms with Crippen LogP contribution in [-0.4, -0.2) is 33.9 Å². The van der Waals surface area contributed by atoms with Gasteiger partial charge in [-0.2, -0.15) is 0 Å². The molecule has 2 fully saturated rings. The molecule has 0 aliphatic heterocycles. The first kappa shape index (κ1) is 14.4. The summed E-state index contributed by atoms with van der Waals surface area (Å²) in [6, 6.07) is 0.471. The molecule has 108 valence electrons. The van der Waals surface area contributed by atoms with Crippen molar-refractivity contribution in [3.8, 4) is 0 Å². The van der Waals surface area contributed by atoms with E-state index in [1.165, 1.54) is 32.1 Å². The number of carbonyl (C=O) groups is 2. The number of carbonyl (C=O) groups excluding carboxylic acids is 2. The van der Waals surface area contributed by atoms with Crippen molar-refractivity contribution in [2.45, 2.75) is 83.7 Å². The molecule has 0 atom stereocenters. The summed E-state index contributed by atoms with van der Waals surface area (Å²) in [6.45, 7) is 3.19. The van der Waals surface area contributed by atoms with Crippen molar-refractivity contribution < 1.29 is 9.59 Å². The van der Waals surface area contributed by atoms with Crippen LogP contribution in [0.15, 0.2) is 0 Å². The molecular formula is C15H26N2O2. The van der Waals surface area contributed by atoms with Crippen molar-refractivity contribution in [3.05, 3.63) is 0 Å². The van der Waals surface area contributed by atoms with Gasteiger partial charge in [0.25, 0.3) is 0 Å². The Kier molecular flexibility index (Phi) is 4.83. The second kappa shape index (κ2) is 6.40. The highest BCUT2D eigenvalue weighted by Gasteiger charge is 2.35. The lowest BCUT2D eigenvalue weighted by Gasteiger charge is -2.43. The summed E-state index contributed by atoms with van der Waals surface area (Å²) >= 11 is 0. The van der Waals surface area contributed by atoms with E-state index in [4.69, 9.17) is 0 Å². The zero-order chi connectivity index (χ0) is 13.8. The molecule has 0 aromatic heterocycles. The van der Waals surface area contributed by atoms with Crippen LogP contribution in [0.2, 0.25) is 0 Å². The molecule has 0 aromatic rings. The Balaban J connectivity index is 2.17. The lowest BCUT2D eigenvalue weighted by atomic mass is 9.95. The van der Waals surface area contributed by atoms with Gasteiger partial charge in [0, 0.05) is 13.8 Å². The molecule has 0 bridgehead atoms. The van der Waals surface area contributed by atoms with Crippen LogP contribution in [0.4, 0.5) is 0 Å². The van der Waals surface area contributed by atoms with Crippen molar-refractivity contribution in [2.75, 3.05) is 0 Å². The molecule has 0 radical (unpaired) electrons. The fourth-order valence-corrected chi connectivity index (χ4v) is 3.64. The maximum atomic E-state index is 12.1. The van der Waals surface area contributed by atoms with E-state index in [0.29, 0.717) is 0 Å². The van der Waals surface area contributed by atoms with E-state index < -0.39 is 0 Å². The van der Waals surface area contributed by atoms with Gasteiger partial charge in [-0.15, -0.1) is 0 Å². The summed E-state index contributed by atoms with van der Waals surface area (Å²) in [5, 5.41) is 3.57. The molecule has 0 aromatic carbocycles. The summed E-state index contributed by atoms with van der Waals surface area (Å²) in [5.41, 5.74) is 0. The summed E-state index contributed by atoms with van der Waals surface area (Å²) in [4.78, 5) is 24.1. The van der Waals surface area contributed by atoms with E-state index in [1.54, 1.807) is 23.9 Å². The fraction of sp³-hybridized carbons (Fsp3) is 0.867. The van der Waals surface area contributed by atoms with Crippen LogP contribution in [0, 0.1) is 0 Å². The van der Waals surface area contributed by atoms with Gasteiger partial charge in [0.15, 0.2) is 0 Å². The first-order valence-electron chi connectivity index (χ1n) is 7.70. The standard InChI is InChI=1S/C15H26N2O2/c1-12(18)16(14-8-4-3-5-9-14)17(13(2)19)15-10-6-7-11-15/h14-15H,3-11H2,1-2H3. The third-order valence-corrected chi connectivity index (χ3v) is 4.47. The fourth-order valence-electron chi connectivity index (χ4n) is 3.64. The molecule has 2 aliphatic rings. The highest BCUT2D eigenvalue weighted by molar-refractivity contribution is 5.80. The minimum absolute atomic E-state index is 0.0210. The van der Waals surface area contributed by atoms with Gasteiger partial charge in [0.1, 0.15) is 0 Å². The maximum Gasteiger partial charge on any atom is 0.238 e. The zero-order valence-corrected chi connectivity index (χ0v) is 12.2. The number of nitrogens with zero attached hydrogens (tertiary/aromatic N) is 2. The number of hydrogen-bond acceptors (Lipinski definition) is 2. The Labute approximate surface area is 116 Å². The van der Waals surface area contributed by atoms with Gasteiger partial charge >= 0.3 is 0 Å². The van der Waals surface area contributed by atoms with Crippen LogP contribution < -0.4 is 0 Å². The van der Waals surface area contributed by atoms with Crippen LogP contribution in [0.5, 0.6) is 0 Å². The summed E-state index contributed by atoms with van der Waals surface area (Å²) in [6.07, 6.45) is 10.1. The summed E-state index contributed by atoms with van der Waals surface area (Å²) < 4.78 is 0. The van der Waals surface area contributed by atoms with Gasteiger partial charge in [-0.25, -0.2) is 10.0 Å². The number of rotatable bonds is 2. The molecule has 0 unspecified atom stereocenters. The molecule has 19 heavy (non-hydrogen) atoms. The second-order valence-electron chi connectivity index (χ2n) is 5.96. The average Bonchev–Trinajstić information content (AvgIpc) is 2.89. The lowest BCUT2D eigenvalue weighted by molar-refractivity contribution is -0.174. The first-order valence-corrected chi connectivity index (χ1v) is 7.70. The first-order chi connectivity index (χ1) is 9.11. The molecule has 4 nitrogen and oxygen atoms in total.